The third-order valence-electron chi connectivity index (χ3n) is 4.07. The summed E-state index contributed by atoms with van der Waals surface area (Å²) in [5.74, 6) is 0.926. The number of morpholine rings is 1. The van der Waals surface area contributed by atoms with Crippen molar-refractivity contribution < 1.29 is 4.74 Å². The molecule has 0 N–H and O–H groups in total. The largest absolute Gasteiger partial charge is 0.378 e. The fraction of sp³-hybridized carbons (Fsp3) is 0.250. The van der Waals surface area contributed by atoms with E-state index in [1.807, 2.05) is 28.2 Å². The number of fused-ring (bicyclic) bond motifs is 2. The van der Waals surface area contributed by atoms with Gasteiger partial charge in [-0.1, -0.05) is 0 Å². The molecule has 126 valence electrons. The van der Waals surface area contributed by atoms with Crippen LogP contribution < -0.4 is 4.90 Å². The zero-order valence-corrected chi connectivity index (χ0v) is 14.8. The molecule has 1 saturated heterocycles. The van der Waals surface area contributed by atoms with E-state index in [2.05, 4.69) is 32.2 Å². The van der Waals surface area contributed by atoms with Crippen LogP contribution >= 0.6 is 23.1 Å². The van der Waals surface area contributed by atoms with Gasteiger partial charge in [-0.3, -0.25) is 0 Å². The molecule has 9 heteroatoms. The minimum atomic E-state index is 0.734. The van der Waals surface area contributed by atoms with Gasteiger partial charge in [-0.15, -0.1) is 26.6 Å². The van der Waals surface area contributed by atoms with Gasteiger partial charge in [0.2, 0.25) is 5.16 Å². The highest BCUT2D eigenvalue weighted by Gasteiger charge is 2.15. The number of rotatable bonds is 3. The average molecular weight is 370 g/mol. The van der Waals surface area contributed by atoms with Crippen LogP contribution in [0.5, 0.6) is 0 Å². The van der Waals surface area contributed by atoms with E-state index in [1.54, 1.807) is 23.1 Å². The molecule has 4 heterocycles. The fourth-order valence-corrected chi connectivity index (χ4v) is 4.41. The Morgan fingerprint density at radius 1 is 1.08 bits per heavy atom. The summed E-state index contributed by atoms with van der Waals surface area (Å²) < 4.78 is 8.39. The van der Waals surface area contributed by atoms with Crippen molar-refractivity contribution in [1.29, 1.82) is 0 Å². The van der Waals surface area contributed by atoms with E-state index < -0.39 is 0 Å². The summed E-state index contributed by atoms with van der Waals surface area (Å²) in [6.45, 7) is 3.17. The van der Waals surface area contributed by atoms with Crippen molar-refractivity contribution in [3.05, 3.63) is 35.8 Å². The number of benzene rings is 1. The van der Waals surface area contributed by atoms with E-state index in [0.717, 1.165) is 53.3 Å². The second-order valence-electron chi connectivity index (χ2n) is 5.63. The summed E-state index contributed by atoms with van der Waals surface area (Å²) in [6.07, 6.45) is 0. The quantitative estimate of drug-likeness (QED) is 0.549. The van der Waals surface area contributed by atoms with Crippen LogP contribution in [0, 0.1) is 0 Å². The molecule has 7 nitrogen and oxygen atoms in total. The second kappa shape index (κ2) is 6.25. The van der Waals surface area contributed by atoms with Crippen molar-refractivity contribution >= 4 is 44.8 Å². The van der Waals surface area contributed by atoms with Crippen LogP contribution in [-0.4, -0.2) is 51.1 Å². The SMILES string of the molecule is c1nc2ccc(Sc3nnc4ccc(N5CCOCC5)nn34)cc2s1. The molecule has 25 heavy (non-hydrogen) atoms. The molecule has 0 saturated carbocycles. The van der Waals surface area contributed by atoms with E-state index in [4.69, 9.17) is 9.84 Å². The number of aromatic nitrogens is 5. The van der Waals surface area contributed by atoms with Gasteiger partial charge in [-0.05, 0) is 42.1 Å². The Balaban J connectivity index is 1.49. The minimum Gasteiger partial charge on any atom is -0.378 e. The number of thiazole rings is 1. The highest BCUT2D eigenvalue weighted by atomic mass is 32.2. The van der Waals surface area contributed by atoms with Crippen molar-refractivity contribution in [3.63, 3.8) is 0 Å². The smallest absolute Gasteiger partial charge is 0.217 e. The summed E-state index contributed by atoms with van der Waals surface area (Å²) in [5.41, 5.74) is 3.63. The van der Waals surface area contributed by atoms with E-state index >= 15 is 0 Å². The predicted octanol–water partition coefficient (Wildman–Crippen LogP) is 2.72. The summed E-state index contributed by atoms with van der Waals surface area (Å²) in [7, 11) is 0. The van der Waals surface area contributed by atoms with Gasteiger partial charge in [-0.25, -0.2) is 4.98 Å². The number of anilines is 1. The maximum Gasteiger partial charge on any atom is 0.217 e. The van der Waals surface area contributed by atoms with E-state index in [9.17, 15) is 0 Å². The number of ether oxygens (including phenoxy) is 1. The molecule has 4 aromatic rings. The van der Waals surface area contributed by atoms with Crippen LogP contribution in [0.2, 0.25) is 0 Å². The normalized spacial score (nSPS) is 15.3. The highest BCUT2D eigenvalue weighted by Crippen LogP contribution is 2.30. The lowest BCUT2D eigenvalue weighted by Gasteiger charge is -2.27. The Morgan fingerprint density at radius 2 is 2.00 bits per heavy atom. The van der Waals surface area contributed by atoms with Gasteiger partial charge in [0.1, 0.15) is 5.82 Å². The summed E-state index contributed by atoms with van der Waals surface area (Å²) in [6, 6.07) is 10.2. The molecule has 0 bridgehead atoms. The molecule has 0 spiro atoms. The molecule has 1 aliphatic heterocycles. The first kappa shape index (κ1) is 15.1. The highest BCUT2D eigenvalue weighted by molar-refractivity contribution is 7.99. The van der Waals surface area contributed by atoms with Gasteiger partial charge in [0.05, 0.1) is 28.9 Å². The Kier molecular flexibility index (Phi) is 3.76. The second-order valence-corrected chi connectivity index (χ2v) is 7.55. The van der Waals surface area contributed by atoms with Crippen molar-refractivity contribution in [1.82, 2.24) is 24.8 Å². The molecular formula is C16H14N6OS2. The van der Waals surface area contributed by atoms with Gasteiger partial charge in [-0.2, -0.15) is 4.52 Å². The van der Waals surface area contributed by atoms with Crippen LogP contribution in [0.15, 0.2) is 45.9 Å². The molecule has 5 rings (SSSR count). The molecule has 1 fully saturated rings. The summed E-state index contributed by atoms with van der Waals surface area (Å²) >= 11 is 3.20. The van der Waals surface area contributed by atoms with Crippen molar-refractivity contribution in [2.75, 3.05) is 31.2 Å². The van der Waals surface area contributed by atoms with Gasteiger partial charge in [0, 0.05) is 18.0 Å². The fourth-order valence-electron chi connectivity index (χ4n) is 2.79. The lowest BCUT2D eigenvalue weighted by Crippen LogP contribution is -2.37. The molecule has 1 aliphatic rings. The van der Waals surface area contributed by atoms with Crippen LogP contribution in [-0.2, 0) is 4.74 Å². The zero-order valence-electron chi connectivity index (χ0n) is 13.2. The van der Waals surface area contributed by atoms with Gasteiger partial charge >= 0.3 is 0 Å². The van der Waals surface area contributed by atoms with Crippen molar-refractivity contribution in [3.8, 4) is 0 Å². The first-order valence-corrected chi connectivity index (χ1v) is 9.63. The van der Waals surface area contributed by atoms with Crippen LogP contribution in [0.4, 0.5) is 5.82 Å². The molecular weight excluding hydrogens is 356 g/mol. The van der Waals surface area contributed by atoms with E-state index in [1.165, 1.54) is 4.70 Å². The van der Waals surface area contributed by atoms with E-state index in [-0.39, 0.29) is 0 Å². The Labute approximate surface area is 151 Å². The zero-order chi connectivity index (χ0) is 16.6. The van der Waals surface area contributed by atoms with Crippen molar-refractivity contribution in [2.45, 2.75) is 10.1 Å². The molecule has 0 atom stereocenters. The Hall–Kier alpha value is -2.23. The van der Waals surface area contributed by atoms with Gasteiger partial charge in [0.25, 0.3) is 0 Å². The maximum atomic E-state index is 5.42. The Bertz CT molecular complexity index is 1040. The average Bonchev–Trinajstić information content (AvgIpc) is 3.29. The molecule has 3 aromatic heterocycles. The molecule has 0 unspecified atom stereocenters. The maximum absolute atomic E-state index is 5.42. The third-order valence-corrected chi connectivity index (χ3v) is 5.79. The standard InChI is InChI=1S/C16H14N6OS2/c1-2-12-13(24-10-17-12)9-11(1)25-16-19-18-14-3-4-15(20-22(14)16)21-5-7-23-8-6-21/h1-4,9-10H,5-8H2. The van der Waals surface area contributed by atoms with Gasteiger partial charge < -0.3 is 9.64 Å². The molecule has 0 amide bonds. The topological polar surface area (TPSA) is 68.4 Å². The third kappa shape index (κ3) is 2.84. The first-order chi connectivity index (χ1) is 12.4. The molecule has 0 radical (unpaired) electrons. The summed E-state index contributed by atoms with van der Waals surface area (Å²) in [4.78, 5) is 7.64. The Morgan fingerprint density at radius 3 is 2.92 bits per heavy atom. The molecule has 1 aromatic carbocycles. The molecule has 0 aliphatic carbocycles. The van der Waals surface area contributed by atoms with Gasteiger partial charge in [0.15, 0.2) is 5.65 Å². The predicted molar refractivity (Wildman–Crippen MR) is 97.6 cm³/mol. The lowest BCUT2D eigenvalue weighted by molar-refractivity contribution is 0.122. The minimum absolute atomic E-state index is 0.734. The van der Waals surface area contributed by atoms with Crippen LogP contribution in [0.3, 0.4) is 0 Å². The van der Waals surface area contributed by atoms with Crippen molar-refractivity contribution in [2.24, 2.45) is 0 Å². The lowest BCUT2D eigenvalue weighted by atomic mass is 10.3. The summed E-state index contributed by atoms with van der Waals surface area (Å²) in [5, 5.41) is 14.0. The monoisotopic (exact) mass is 370 g/mol. The number of hydrogen-bond donors (Lipinski definition) is 0. The number of nitrogens with zero attached hydrogens (tertiary/aromatic N) is 6. The number of hydrogen-bond acceptors (Lipinski definition) is 8. The van der Waals surface area contributed by atoms with Crippen LogP contribution in [0.25, 0.3) is 15.9 Å². The van der Waals surface area contributed by atoms with Crippen LogP contribution in [0.1, 0.15) is 0 Å². The van der Waals surface area contributed by atoms with E-state index in [0.29, 0.717) is 0 Å². The first-order valence-electron chi connectivity index (χ1n) is 7.93.